The lowest BCUT2D eigenvalue weighted by Crippen LogP contribution is -2.44. The van der Waals surface area contributed by atoms with Crippen molar-refractivity contribution < 1.29 is 23.8 Å². The van der Waals surface area contributed by atoms with Gasteiger partial charge in [0.15, 0.2) is 6.61 Å². The van der Waals surface area contributed by atoms with Crippen molar-refractivity contribution in [2.24, 2.45) is 5.73 Å². The first kappa shape index (κ1) is 21.8. The first-order chi connectivity index (χ1) is 14.4. The number of carbonyl (C=O) groups excluding carboxylic acids is 2. The van der Waals surface area contributed by atoms with Crippen LogP contribution in [0.15, 0.2) is 48.5 Å². The van der Waals surface area contributed by atoms with Gasteiger partial charge in [-0.25, -0.2) is 4.79 Å². The molecule has 7 nitrogen and oxygen atoms in total. The van der Waals surface area contributed by atoms with E-state index in [0.717, 1.165) is 30.8 Å². The molecule has 0 aliphatic carbocycles. The van der Waals surface area contributed by atoms with Gasteiger partial charge in [-0.05, 0) is 49.2 Å². The summed E-state index contributed by atoms with van der Waals surface area (Å²) in [7, 11) is 0. The number of ether oxygens (including phenoxy) is 3. The Bertz CT molecular complexity index is 858. The predicted molar refractivity (Wildman–Crippen MR) is 112 cm³/mol. The molecule has 1 fully saturated rings. The molecule has 2 atom stereocenters. The highest BCUT2D eigenvalue weighted by Crippen LogP contribution is 2.17. The highest BCUT2D eigenvalue weighted by Gasteiger charge is 2.22. The van der Waals surface area contributed by atoms with Crippen LogP contribution in [0.4, 0.5) is 0 Å². The lowest BCUT2D eigenvalue weighted by atomic mass is 10.1. The molecule has 2 aromatic carbocycles. The molecule has 2 aromatic rings. The average Bonchev–Trinajstić information content (AvgIpc) is 2.70. The molecule has 1 amide bonds. The van der Waals surface area contributed by atoms with Crippen LogP contribution < -0.4 is 10.5 Å². The zero-order valence-corrected chi connectivity index (χ0v) is 17.4. The standard InChI is InChI=1S/C23H28N2O5/c1-16-11-25(12-17(2)30-16)13-18-6-8-20(9-7-18)23(27)29-14-19-4-3-5-21(10-19)28-15-22(24)26/h3-10,16-17H,11-15H2,1-2H3,(H2,24,26). The van der Waals surface area contributed by atoms with Gasteiger partial charge in [-0.2, -0.15) is 0 Å². The van der Waals surface area contributed by atoms with E-state index in [1.165, 1.54) is 0 Å². The first-order valence-corrected chi connectivity index (χ1v) is 10.0. The second-order valence-electron chi connectivity index (χ2n) is 7.63. The molecule has 30 heavy (non-hydrogen) atoms. The molecule has 2 unspecified atom stereocenters. The lowest BCUT2D eigenvalue weighted by molar-refractivity contribution is -0.119. The van der Waals surface area contributed by atoms with Gasteiger partial charge in [-0.3, -0.25) is 9.69 Å². The molecule has 7 heteroatoms. The van der Waals surface area contributed by atoms with E-state index in [0.29, 0.717) is 11.3 Å². The Hall–Kier alpha value is -2.90. The summed E-state index contributed by atoms with van der Waals surface area (Å²) in [5.41, 5.74) is 7.49. The molecule has 1 heterocycles. The zero-order chi connectivity index (χ0) is 21.5. The van der Waals surface area contributed by atoms with Crippen molar-refractivity contribution >= 4 is 11.9 Å². The van der Waals surface area contributed by atoms with Gasteiger partial charge in [0.1, 0.15) is 12.4 Å². The van der Waals surface area contributed by atoms with Gasteiger partial charge in [-0.1, -0.05) is 24.3 Å². The van der Waals surface area contributed by atoms with E-state index in [-0.39, 0.29) is 25.4 Å². The van der Waals surface area contributed by atoms with Gasteiger partial charge in [-0.15, -0.1) is 0 Å². The Balaban J connectivity index is 1.51. The van der Waals surface area contributed by atoms with Gasteiger partial charge < -0.3 is 19.9 Å². The fourth-order valence-corrected chi connectivity index (χ4v) is 3.53. The van der Waals surface area contributed by atoms with E-state index in [1.54, 1.807) is 30.3 Å². The highest BCUT2D eigenvalue weighted by atomic mass is 16.5. The largest absolute Gasteiger partial charge is 0.484 e. The van der Waals surface area contributed by atoms with Gasteiger partial charge in [0.05, 0.1) is 17.8 Å². The number of carbonyl (C=O) groups is 2. The summed E-state index contributed by atoms with van der Waals surface area (Å²) in [5, 5.41) is 0. The summed E-state index contributed by atoms with van der Waals surface area (Å²) in [6, 6.07) is 14.5. The topological polar surface area (TPSA) is 91.1 Å². The average molecular weight is 412 g/mol. The molecule has 160 valence electrons. The van der Waals surface area contributed by atoms with E-state index < -0.39 is 11.9 Å². The third kappa shape index (κ3) is 6.57. The minimum absolute atomic E-state index is 0.109. The summed E-state index contributed by atoms with van der Waals surface area (Å²) in [6.45, 7) is 6.70. The Morgan fingerprint density at radius 3 is 2.43 bits per heavy atom. The molecule has 0 saturated carbocycles. The van der Waals surface area contributed by atoms with Crippen molar-refractivity contribution in [3.63, 3.8) is 0 Å². The molecular formula is C23H28N2O5. The van der Waals surface area contributed by atoms with Gasteiger partial charge in [0.2, 0.25) is 0 Å². The van der Waals surface area contributed by atoms with Crippen LogP contribution in [-0.4, -0.2) is 48.7 Å². The van der Waals surface area contributed by atoms with Crippen LogP contribution in [0.2, 0.25) is 0 Å². The van der Waals surface area contributed by atoms with Crippen LogP contribution in [0.1, 0.15) is 35.3 Å². The van der Waals surface area contributed by atoms with E-state index >= 15 is 0 Å². The highest BCUT2D eigenvalue weighted by molar-refractivity contribution is 5.89. The summed E-state index contributed by atoms with van der Waals surface area (Å²) < 4.78 is 16.4. The maximum Gasteiger partial charge on any atom is 0.338 e. The Morgan fingerprint density at radius 1 is 1.07 bits per heavy atom. The van der Waals surface area contributed by atoms with Gasteiger partial charge in [0, 0.05) is 19.6 Å². The van der Waals surface area contributed by atoms with E-state index in [9.17, 15) is 9.59 Å². The van der Waals surface area contributed by atoms with E-state index in [1.807, 2.05) is 18.2 Å². The molecule has 1 aliphatic heterocycles. The summed E-state index contributed by atoms with van der Waals surface area (Å²) >= 11 is 0. The van der Waals surface area contributed by atoms with Crippen LogP contribution in [0.5, 0.6) is 5.75 Å². The minimum Gasteiger partial charge on any atom is -0.484 e. The normalized spacial score (nSPS) is 19.3. The number of hydrogen-bond acceptors (Lipinski definition) is 6. The summed E-state index contributed by atoms with van der Waals surface area (Å²) in [6.07, 6.45) is 0.449. The van der Waals surface area contributed by atoms with Crippen LogP contribution in [0, 0.1) is 0 Å². The molecule has 0 radical (unpaired) electrons. The van der Waals surface area contributed by atoms with Gasteiger partial charge >= 0.3 is 5.97 Å². The van der Waals surface area contributed by atoms with Crippen LogP contribution >= 0.6 is 0 Å². The van der Waals surface area contributed by atoms with Crippen molar-refractivity contribution in [1.82, 2.24) is 4.90 Å². The fourth-order valence-electron chi connectivity index (χ4n) is 3.53. The fraction of sp³-hybridized carbons (Fsp3) is 0.391. The predicted octanol–water partition coefficient (Wildman–Crippen LogP) is 2.52. The summed E-state index contributed by atoms with van der Waals surface area (Å²) in [4.78, 5) is 25.5. The molecular weight excluding hydrogens is 384 g/mol. The monoisotopic (exact) mass is 412 g/mol. The molecule has 1 saturated heterocycles. The lowest BCUT2D eigenvalue weighted by Gasteiger charge is -2.35. The van der Waals surface area contributed by atoms with Crippen molar-refractivity contribution in [3.05, 3.63) is 65.2 Å². The Kier molecular flexibility index (Phi) is 7.43. The number of hydrogen-bond donors (Lipinski definition) is 1. The van der Waals surface area contributed by atoms with Crippen molar-refractivity contribution in [1.29, 1.82) is 0 Å². The van der Waals surface area contributed by atoms with Crippen molar-refractivity contribution in [3.8, 4) is 5.75 Å². The number of rotatable bonds is 8. The van der Waals surface area contributed by atoms with Crippen molar-refractivity contribution in [2.45, 2.75) is 39.2 Å². The van der Waals surface area contributed by atoms with E-state index in [2.05, 4.69) is 18.7 Å². The molecule has 3 rings (SSSR count). The Labute approximate surface area is 176 Å². The minimum atomic E-state index is -0.548. The number of amides is 1. The summed E-state index contributed by atoms with van der Waals surface area (Å²) in [5.74, 6) is -0.440. The number of esters is 1. The second-order valence-corrected chi connectivity index (χ2v) is 7.63. The SMILES string of the molecule is CC1CN(Cc2ccc(C(=O)OCc3cccc(OCC(N)=O)c3)cc2)CC(C)O1. The number of benzene rings is 2. The molecule has 0 spiro atoms. The van der Waals surface area contributed by atoms with E-state index in [4.69, 9.17) is 19.9 Å². The third-order valence-electron chi connectivity index (χ3n) is 4.74. The maximum absolute atomic E-state index is 12.4. The number of nitrogens with two attached hydrogens (primary N) is 1. The Morgan fingerprint density at radius 2 is 1.77 bits per heavy atom. The van der Waals surface area contributed by atoms with Crippen LogP contribution in [-0.2, 0) is 27.4 Å². The quantitative estimate of drug-likeness (QED) is 0.670. The maximum atomic E-state index is 12.4. The van der Waals surface area contributed by atoms with Crippen LogP contribution in [0.25, 0.3) is 0 Å². The first-order valence-electron chi connectivity index (χ1n) is 10.0. The molecule has 0 aromatic heterocycles. The number of primary amides is 1. The van der Waals surface area contributed by atoms with Gasteiger partial charge in [0.25, 0.3) is 5.91 Å². The molecule has 0 bridgehead atoms. The second kappa shape index (κ2) is 10.2. The van der Waals surface area contributed by atoms with Crippen molar-refractivity contribution in [2.75, 3.05) is 19.7 Å². The third-order valence-corrected chi connectivity index (χ3v) is 4.74. The number of morpholine rings is 1. The molecule has 2 N–H and O–H groups in total. The smallest absolute Gasteiger partial charge is 0.338 e. The number of nitrogens with zero attached hydrogens (tertiary/aromatic N) is 1. The van der Waals surface area contributed by atoms with Crippen LogP contribution in [0.3, 0.4) is 0 Å². The molecule has 1 aliphatic rings. The zero-order valence-electron chi connectivity index (χ0n) is 17.4.